The first-order chi connectivity index (χ1) is 8.95. The molecule has 19 heavy (non-hydrogen) atoms. The van der Waals surface area contributed by atoms with E-state index in [4.69, 9.17) is 0 Å². The molecule has 0 bridgehead atoms. The first-order valence-corrected chi connectivity index (χ1v) is 8.02. The zero-order valence-electron chi connectivity index (χ0n) is 13.3. The summed E-state index contributed by atoms with van der Waals surface area (Å²) in [5, 5.41) is 6.63. The van der Waals surface area contributed by atoms with Crippen LogP contribution in [0.5, 0.6) is 0 Å². The molecule has 3 heteroatoms. The van der Waals surface area contributed by atoms with Gasteiger partial charge in [-0.1, -0.05) is 33.6 Å². The van der Waals surface area contributed by atoms with E-state index >= 15 is 0 Å². The maximum atomic E-state index is 12.1. The lowest BCUT2D eigenvalue weighted by Crippen LogP contribution is -2.52. The predicted molar refractivity (Wildman–Crippen MR) is 81.1 cm³/mol. The number of hydrogen-bond donors (Lipinski definition) is 2. The average molecular weight is 268 g/mol. The molecule has 1 aliphatic rings. The van der Waals surface area contributed by atoms with Crippen molar-refractivity contribution in [3.05, 3.63) is 0 Å². The van der Waals surface area contributed by atoms with Crippen molar-refractivity contribution < 1.29 is 4.79 Å². The van der Waals surface area contributed by atoms with Crippen molar-refractivity contribution in [2.45, 2.75) is 84.8 Å². The fourth-order valence-electron chi connectivity index (χ4n) is 3.03. The lowest BCUT2D eigenvalue weighted by atomic mass is 9.77. The van der Waals surface area contributed by atoms with Crippen molar-refractivity contribution >= 4 is 5.91 Å². The van der Waals surface area contributed by atoms with Gasteiger partial charge in [-0.25, -0.2) is 0 Å². The fourth-order valence-corrected chi connectivity index (χ4v) is 3.03. The van der Waals surface area contributed by atoms with Gasteiger partial charge in [0.15, 0.2) is 0 Å². The van der Waals surface area contributed by atoms with E-state index in [1.807, 2.05) is 6.92 Å². The van der Waals surface area contributed by atoms with Crippen LogP contribution in [0.25, 0.3) is 0 Å². The monoisotopic (exact) mass is 268 g/mol. The maximum absolute atomic E-state index is 12.1. The van der Waals surface area contributed by atoms with Crippen molar-refractivity contribution in [1.29, 1.82) is 0 Å². The van der Waals surface area contributed by atoms with E-state index in [-0.39, 0.29) is 18.0 Å². The van der Waals surface area contributed by atoms with Gasteiger partial charge in [-0.15, -0.1) is 0 Å². The van der Waals surface area contributed by atoms with Crippen molar-refractivity contribution in [2.24, 2.45) is 11.8 Å². The molecule has 4 atom stereocenters. The molecule has 0 aliphatic heterocycles. The molecular formula is C16H32N2O. The number of rotatable bonds is 6. The Morgan fingerprint density at radius 1 is 1.16 bits per heavy atom. The third-order valence-electron chi connectivity index (χ3n) is 4.53. The van der Waals surface area contributed by atoms with Gasteiger partial charge in [-0.3, -0.25) is 4.79 Å². The molecule has 1 amide bonds. The van der Waals surface area contributed by atoms with Crippen LogP contribution in [0.2, 0.25) is 0 Å². The maximum Gasteiger partial charge on any atom is 0.237 e. The molecule has 0 radical (unpaired) electrons. The molecule has 112 valence electrons. The highest BCUT2D eigenvalue weighted by Crippen LogP contribution is 2.30. The summed E-state index contributed by atoms with van der Waals surface area (Å²) < 4.78 is 0. The molecule has 1 saturated carbocycles. The van der Waals surface area contributed by atoms with Crippen molar-refractivity contribution in [3.8, 4) is 0 Å². The van der Waals surface area contributed by atoms with Crippen LogP contribution in [-0.4, -0.2) is 24.0 Å². The molecule has 2 N–H and O–H groups in total. The Labute approximate surface area is 118 Å². The van der Waals surface area contributed by atoms with Gasteiger partial charge in [0.2, 0.25) is 5.91 Å². The van der Waals surface area contributed by atoms with Crippen LogP contribution < -0.4 is 10.6 Å². The molecule has 0 aromatic heterocycles. The smallest absolute Gasteiger partial charge is 0.237 e. The minimum atomic E-state index is -0.0849. The van der Waals surface area contributed by atoms with Gasteiger partial charge in [0, 0.05) is 12.1 Å². The summed E-state index contributed by atoms with van der Waals surface area (Å²) in [6, 6.07) is 0.689. The lowest BCUT2D eigenvalue weighted by Gasteiger charge is -2.36. The second-order valence-electron chi connectivity index (χ2n) is 6.51. The molecular weight excluding hydrogens is 236 g/mol. The van der Waals surface area contributed by atoms with Gasteiger partial charge in [-0.05, 0) is 44.9 Å². The number of hydrogen-bond acceptors (Lipinski definition) is 2. The Hall–Kier alpha value is -0.570. The van der Waals surface area contributed by atoms with Crippen LogP contribution in [-0.2, 0) is 4.79 Å². The first kappa shape index (κ1) is 16.5. The summed E-state index contributed by atoms with van der Waals surface area (Å²) in [6.45, 7) is 10.7. The molecule has 1 fully saturated rings. The Kier molecular flexibility index (Phi) is 6.84. The molecule has 1 aliphatic carbocycles. The van der Waals surface area contributed by atoms with Gasteiger partial charge in [0.25, 0.3) is 0 Å². The van der Waals surface area contributed by atoms with Crippen LogP contribution in [0.1, 0.15) is 66.7 Å². The van der Waals surface area contributed by atoms with E-state index in [0.717, 1.165) is 6.42 Å². The van der Waals surface area contributed by atoms with Crippen LogP contribution in [0.4, 0.5) is 0 Å². The molecule has 1 rings (SSSR count). The minimum absolute atomic E-state index is 0.0849. The van der Waals surface area contributed by atoms with Crippen LogP contribution in [0, 0.1) is 11.8 Å². The van der Waals surface area contributed by atoms with Gasteiger partial charge < -0.3 is 10.6 Å². The van der Waals surface area contributed by atoms with Gasteiger partial charge in [0.1, 0.15) is 0 Å². The Balaban J connectivity index is 2.49. The summed E-state index contributed by atoms with van der Waals surface area (Å²) in [5.41, 5.74) is 0. The van der Waals surface area contributed by atoms with Crippen molar-refractivity contribution in [3.63, 3.8) is 0 Å². The number of carbonyl (C=O) groups is 1. The Morgan fingerprint density at radius 3 is 2.37 bits per heavy atom. The normalized spacial score (nSPS) is 27.1. The topological polar surface area (TPSA) is 41.1 Å². The van der Waals surface area contributed by atoms with Gasteiger partial charge >= 0.3 is 0 Å². The molecule has 0 spiro atoms. The zero-order chi connectivity index (χ0) is 14.4. The van der Waals surface area contributed by atoms with Crippen molar-refractivity contribution in [2.75, 3.05) is 0 Å². The van der Waals surface area contributed by atoms with Crippen LogP contribution in [0.3, 0.4) is 0 Å². The third kappa shape index (κ3) is 5.13. The predicted octanol–water partition coefficient (Wildman–Crippen LogP) is 3.09. The van der Waals surface area contributed by atoms with Crippen molar-refractivity contribution in [1.82, 2.24) is 10.6 Å². The molecule has 0 aromatic carbocycles. The first-order valence-electron chi connectivity index (χ1n) is 8.02. The number of carbonyl (C=O) groups excluding carboxylic acids is 1. The minimum Gasteiger partial charge on any atom is -0.352 e. The van der Waals surface area contributed by atoms with Crippen LogP contribution in [0.15, 0.2) is 0 Å². The largest absolute Gasteiger partial charge is 0.352 e. The van der Waals surface area contributed by atoms with E-state index in [1.54, 1.807) is 0 Å². The quantitative estimate of drug-likeness (QED) is 0.777. The number of amides is 1. The lowest BCUT2D eigenvalue weighted by molar-refractivity contribution is -0.123. The summed E-state index contributed by atoms with van der Waals surface area (Å²) in [4.78, 5) is 12.1. The van der Waals surface area contributed by atoms with E-state index in [1.165, 1.54) is 25.7 Å². The molecule has 0 heterocycles. The van der Waals surface area contributed by atoms with E-state index < -0.39 is 0 Å². The highest BCUT2D eigenvalue weighted by Gasteiger charge is 2.29. The second kappa shape index (κ2) is 7.88. The highest BCUT2D eigenvalue weighted by molar-refractivity contribution is 5.81. The molecule has 0 aromatic rings. The highest BCUT2D eigenvalue weighted by atomic mass is 16.2. The average Bonchev–Trinajstić information content (AvgIpc) is 2.38. The van der Waals surface area contributed by atoms with Gasteiger partial charge in [0.05, 0.1) is 6.04 Å². The van der Waals surface area contributed by atoms with E-state index in [9.17, 15) is 4.79 Å². The zero-order valence-corrected chi connectivity index (χ0v) is 13.3. The fraction of sp³-hybridized carbons (Fsp3) is 0.938. The summed E-state index contributed by atoms with van der Waals surface area (Å²) in [6.07, 6.45) is 6.13. The molecule has 3 nitrogen and oxygen atoms in total. The Bertz CT molecular complexity index is 278. The second-order valence-corrected chi connectivity index (χ2v) is 6.51. The van der Waals surface area contributed by atoms with Gasteiger partial charge in [-0.2, -0.15) is 0 Å². The van der Waals surface area contributed by atoms with E-state index in [0.29, 0.717) is 17.9 Å². The standard InChI is InChI=1S/C16H32N2O/c1-6-12(4)17-16(19)13(5)18-15-10-8-7-9-14(15)11(2)3/h11-15,18H,6-10H2,1-5H3,(H,17,19). The number of nitrogens with one attached hydrogen (secondary N) is 2. The molecule has 4 unspecified atom stereocenters. The Morgan fingerprint density at radius 2 is 1.79 bits per heavy atom. The summed E-state index contributed by atoms with van der Waals surface area (Å²) in [7, 11) is 0. The molecule has 0 saturated heterocycles. The van der Waals surface area contributed by atoms with E-state index in [2.05, 4.69) is 38.3 Å². The summed E-state index contributed by atoms with van der Waals surface area (Å²) >= 11 is 0. The third-order valence-corrected chi connectivity index (χ3v) is 4.53. The van der Waals surface area contributed by atoms with Crippen LogP contribution >= 0.6 is 0 Å². The SMILES string of the molecule is CCC(C)NC(=O)C(C)NC1CCCCC1C(C)C. The summed E-state index contributed by atoms with van der Waals surface area (Å²) in [5.74, 6) is 1.55.